The van der Waals surface area contributed by atoms with E-state index < -0.39 is 27.9 Å². The average molecular weight is 589 g/mol. The Morgan fingerprint density at radius 1 is 0.525 bits per heavy atom. The van der Waals surface area contributed by atoms with Gasteiger partial charge < -0.3 is 4.74 Å². The molecule has 0 aromatic heterocycles. The van der Waals surface area contributed by atoms with Crippen molar-refractivity contribution in [1.82, 2.24) is 0 Å². The molecule has 0 amide bonds. The summed E-state index contributed by atoms with van der Waals surface area (Å²) in [5, 5.41) is 0. The molecule has 1 atom stereocenters. The van der Waals surface area contributed by atoms with E-state index in [1.165, 1.54) is 167 Å². The molecular weight excluding hydrogens is 520 g/mol. The standard InChI is InChI=1S/C34H68O5S/c1-3-4-5-6-7-8-9-10-11-12-13-14-15-16-17-18-19-20-21-22-23-24-25-26-27-28-29-30-31-34(39-33(2)35)32-40(36,37)38/h34H,3-32H2,1-2H3,(H,36,37,38). The number of carbonyl (C=O) groups is 1. The zero-order valence-corrected chi connectivity index (χ0v) is 27.6. The van der Waals surface area contributed by atoms with Crippen LogP contribution in [0, 0.1) is 0 Å². The first-order valence-electron chi connectivity index (χ1n) is 17.5. The Morgan fingerprint density at radius 3 is 1.00 bits per heavy atom. The van der Waals surface area contributed by atoms with Gasteiger partial charge in [0.1, 0.15) is 11.9 Å². The summed E-state index contributed by atoms with van der Waals surface area (Å²) >= 11 is 0. The van der Waals surface area contributed by atoms with Crippen LogP contribution < -0.4 is 0 Å². The molecule has 40 heavy (non-hydrogen) atoms. The zero-order chi connectivity index (χ0) is 29.6. The molecule has 0 aliphatic rings. The van der Waals surface area contributed by atoms with Crippen molar-refractivity contribution in [2.75, 3.05) is 5.75 Å². The van der Waals surface area contributed by atoms with E-state index in [1.807, 2.05) is 0 Å². The van der Waals surface area contributed by atoms with Crippen molar-refractivity contribution in [3.63, 3.8) is 0 Å². The molecule has 0 bridgehead atoms. The third-order valence-electron chi connectivity index (χ3n) is 8.11. The number of unbranched alkanes of at least 4 members (excludes halogenated alkanes) is 27. The van der Waals surface area contributed by atoms with Crippen LogP contribution in [0.15, 0.2) is 0 Å². The fourth-order valence-corrected chi connectivity index (χ4v) is 6.39. The lowest BCUT2D eigenvalue weighted by atomic mass is 10.0. The smallest absolute Gasteiger partial charge is 0.302 e. The van der Waals surface area contributed by atoms with Crippen LogP contribution in [0.4, 0.5) is 0 Å². The molecule has 0 fully saturated rings. The van der Waals surface area contributed by atoms with Gasteiger partial charge in [0, 0.05) is 6.92 Å². The van der Waals surface area contributed by atoms with Gasteiger partial charge in [-0.3, -0.25) is 9.35 Å². The normalized spacial score (nSPS) is 12.6. The molecule has 0 aliphatic carbocycles. The van der Waals surface area contributed by atoms with Gasteiger partial charge in [-0.2, -0.15) is 8.42 Å². The summed E-state index contributed by atoms with van der Waals surface area (Å²) in [6, 6.07) is 0. The van der Waals surface area contributed by atoms with Crippen molar-refractivity contribution in [2.24, 2.45) is 0 Å². The largest absolute Gasteiger partial charge is 0.461 e. The second-order valence-electron chi connectivity index (χ2n) is 12.3. The maximum Gasteiger partial charge on any atom is 0.302 e. The van der Waals surface area contributed by atoms with Gasteiger partial charge in [-0.05, 0) is 12.8 Å². The Kier molecular flexibility index (Phi) is 29.4. The second kappa shape index (κ2) is 29.9. The number of hydrogen-bond donors (Lipinski definition) is 1. The van der Waals surface area contributed by atoms with Crippen molar-refractivity contribution in [1.29, 1.82) is 0 Å². The number of ether oxygens (including phenoxy) is 1. The zero-order valence-electron chi connectivity index (χ0n) is 26.8. The van der Waals surface area contributed by atoms with E-state index in [1.54, 1.807) is 0 Å². The lowest BCUT2D eigenvalue weighted by molar-refractivity contribution is -0.145. The van der Waals surface area contributed by atoms with Gasteiger partial charge in [0.05, 0.1) is 0 Å². The van der Waals surface area contributed by atoms with Crippen LogP contribution in [-0.2, 0) is 19.6 Å². The molecule has 0 aliphatic heterocycles. The summed E-state index contributed by atoms with van der Waals surface area (Å²) < 4.78 is 36.1. The van der Waals surface area contributed by atoms with E-state index >= 15 is 0 Å². The minimum atomic E-state index is -4.13. The van der Waals surface area contributed by atoms with Crippen molar-refractivity contribution in [3.05, 3.63) is 0 Å². The minimum Gasteiger partial charge on any atom is -0.461 e. The number of hydrogen-bond acceptors (Lipinski definition) is 4. The number of esters is 1. The third-order valence-corrected chi connectivity index (χ3v) is 8.90. The van der Waals surface area contributed by atoms with Crippen LogP contribution in [0.1, 0.15) is 200 Å². The van der Waals surface area contributed by atoms with Crippen LogP contribution in [0.5, 0.6) is 0 Å². The Balaban J connectivity index is 3.24. The molecule has 0 aromatic carbocycles. The lowest BCUT2D eigenvalue weighted by Crippen LogP contribution is -2.25. The molecule has 0 saturated heterocycles. The monoisotopic (exact) mass is 588 g/mol. The van der Waals surface area contributed by atoms with Crippen molar-refractivity contribution >= 4 is 16.1 Å². The summed E-state index contributed by atoms with van der Waals surface area (Å²) in [4.78, 5) is 11.1. The molecule has 5 nitrogen and oxygen atoms in total. The highest BCUT2D eigenvalue weighted by Crippen LogP contribution is 2.17. The van der Waals surface area contributed by atoms with Crippen LogP contribution in [0.3, 0.4) is 0 Å². The van der Waals surface area contributed by atoms with Gasteiger partial charge in [0.2, 0.25) is 0 Å². The molecule has 0 aromatic rings. The lowest BCUT2D eigenvalue weighted by Gasteiger charge is -2.15. The predicted molar refractivity (Wildman–Crippen MR) is 172 cm³/mol. The minimum absolute atomic E-state index is 0.485. The highest BCUT2D eigenvalue weighted by Gasteiger charge is 2.19. The SMILES string of the molecule is CCCCCCCCCCCCCCCCCCCCCCCCCCCCCCC(CS(=O)(=O)O)OC(C)=O. The Bertz CT molecular complexity index is 634. The first-order chi connectivity index (χ1) is 19.3. The predicted octanol–water partition coefficient (Wildman–Crippen LogP) is 11.1. The maximum absolute atomic E-state index is 11.1. The van der Waals surface area contributed by atoms with Gasteiger partial charge in [-0.15, -0.1) is 0 Å². The topological polar surface area (TPSA) is 80.7 Å². The molecule has 0 heterocycles. The highest BCUT2D eigenvalue weighted by atomic mass is 32.2. The summed E-state index contributed by atoms with van der Waals surface area (Å²) in [6.45, 7) is 3.55. The summed E-state index contributed by atoms with van der Waals surface area (Å²) in [6.07, 6.45) is 37.8. The van der Waals surface area contributed by atoms with Crippen molar-refractivity contribution in [3.8, 4) is 0 Å². The quantitative estimate of drug-likeness (QED) is 0.0480. The molecule has 6 heteroatoms. The molecule has 0 saturated carbocycles. The fourth-order valence-electron chi connectivity index (χ4n) is 5.69. The van der Waals surface area contributed by atoms with Crippen molar-refractivity contribution in [2.45, 2.75) is 206 Å². The molecule has 0 radical (unpaired) electrons. The number of carbonyl (C=O) groups excluding carboxylic acids is 1. The van der Waals surface area contributed by atoms with Gasteiger partial charge in [0.25, 0.3) is 10.1 Å². The Morgan fingerprint density at radius 2 is 0.775 bits per heavy atom. The fraction of sp³-hybridized carbons (Fsp3) is 0.971. The van der Waals surface area contributed by atoms with E-state index in [0.717, 1.165) is 19.3 Å². The van der Waals surface area contributed by atoms with Crippen LogP contribution >= 0.6 is 0 Å². The van der Waals surface area contributed by atoms with Gasteiger partial charge >= 0.3 is 5.97 Å². The van der Waals surface area contributed by atoms with Crippen molar-refractivity contribution < 1.29 is 22.5 Å². The molecule has 1 unspecified atom stereocenters. The third kappa shape index (κ3) is 33.6. The van der Waals surface area contributed by atoms with E-state index in [0.29, 0.717) is 6.42 Å². The highest BCUT2D eigenvalue weighted by molar-refractivity contribution is 7.85. The summed E-state index contributed by atoms with van der Waals surface area (Å²) in [5.41, 5.74) is 0. The van der Waals surface area contributed by atoms with Crippen LogP contribution in [0.2, 0.25) is 0 Å². The first kappa shape index (κ1) is 39.4. The second-order valence-corrected chi connectivity index (χ2v) is 13.8. The molecule has 1 N–H and O–H groups in total. The van der Waals surface area contributed by atoms with Crippen LogP contribution in [-0.4, -0.2) is 30.8 Å². The summed E-state index contributed by atoms with van der Waals surface area (Å²) in [7, 11) is -4.13. The Labute approximate surface area is 250 Å². The van der Waals surface area contributed by atoms with E-state index in [2.05, 4.69) is 6.92 Å². The molecule has 240 valence electrons. The van der Waals surface area contributed by atoms with Gasteiger partial charge in [0.15, 0.2) is 0 Å². The Hall–Kier alpha value is -0.620. The van der Waals surface area contributed by atoms with Crippen LogP contribution in [0.25, 0.3) is 0 Å². The maximum atomic E-state index is 11.1. The molecule has 0 spiro atoms. The van der Waals surface area contributed by atoms with Gasteiger partial charge in [-0.1, -0.05) is 180 Å². The molecule has 0 rings (SSSR count). The first-order valence-corrected chi connectivity index (χ1v) is 19.1. The van der Waals surface area contributed by atoms with E-state index in [9.17, 15) is 13.2 Å². The van der Waals surface area contributed by atoms with Gasteiger partial charge in [-0.25, -0.2) is 0 Å². The van der Waals surface area contributed by atoms with E-state index in [-0.39, 0.29) is 0 Å². The molecular formula is C34H68O5S. The number of rotatable bonds is 32. The summed E-state index contributed by atoms with van der Waals surface area (Å²) in [5.74, 6) is -1.01. The average Bonchev–Trinajstić information content (AvgIpc) is 2.89. The van der Waals surface area contributed by atoms with E-state index in [4.69, 9.17) is 9.29 Å².